The maximum Gasteiger partial charge on any atom is 0.328 e. The van der Waals surface area contributed by atoms with Gasteiger partial charge in [-0.3, -0.25) is 4.57 Å². The molecule has 0 amide bonds. The highest BCUT2D eigenvalue weighted by Crippen LogP contribution is 2.11. The predicted octanol–water partition coefficient (Wildman–Crippen LogP) is 1.01. The van der Waals surface area contributed by atoms with Gasteiger partial charge in [-0.25, -0.2) is 9.18 Å². The number of nitrogens with zero attached hydrogens (tertiary/aromatic N) is 2. The van der Waals surface area contributed by atoms with E-state index >= 15 is 0 Å². The number of benzene rings is 1. The van der Waals surface area contributed by atoms with Gasteiger partial charge in [0.25, 0.3) is 0 Å². The lowest BCUT2D eigenvalue weighted by atomic mass is 10.1. The topological polar surface area (TPSA) is 52.9 Å². The van der Waals surface area contributed by atoms with E-state index in [1.54, 1.807) is 25.5 Å². The van der Waals surface area contributed by atoms with Gasteiger partial charge in [-0.1, -0.05) is 12.2 Å². The average molecular weight is 265 g/mol. The van der Waals surface area contributed by atoms with E-state index in [1.807, 2.05) is 0 Å². The van der Waals surface area contributed by atoms with Gasteiger partial charge >= 0.3 is 5.69 Å². The zero-order valence-corrected chi connectivity index (χ0v) is 10.6. The van der Waals surface area contributed by atoms with Crippen LogP contribution in [0.4, 0.5) is 4.39 Å². The van der Waals surface area contributed by atoms with Crippen LogP contribution < -0.4 is 11.4 Å². The number of hydrogen-bond donors (Lipinski definition) is 1. The maximum absolute atomic E-state index is 13.7. The third kappa shape index (κ3) is 2.33. The largest absolute Gasteiger partial charge is 0.389 e. The summed E-state index contributed by atoms with van der Waals surface area (Å²) in [4.78, 5) is 11.9. The summed E-state index contributed by atoms with van der Waals surface area (Å²) < 4.78 is 16.5. The van der Waals surface area contributed by atoms with Crippen molar-refractivity contribution in [3.63, 3.8) is 0 Å². The second-order valence-corrected chi connectivity index (χ2v) is 4.43. The van der Waals surface area contributed by atoms with Crippen LogP contribution in [0.25, 0.3) is 0 Å². The van der Waals surface area contributed by atoms with Crippen LogP contribution in [-0.4, -0.2) is 14.1 Å². The smallest absolute Gasteiger partial charge is 0.328 e. The molecule has 0 fully saturated rings. The van der Waals surface area contributed by atoms with Crippen LogP contribution in [0.2, 0.25) is 0 Å². The van der Waals surface area contributed by atoms with Gasteiger partial charge in [0.05, 0.1) is 6.54 Å². The summed E-state index contributed by atoms with van der Waals surface area (Å²) in [7, 11) is 1.64. The third-order valence-corrected chi connectivity index (χ3v) is 2.92. The summed E-state index contributed by atoms with van der Waals surface area (Å²) in [5.41, 5.74) is 6.27. The number of aryl methyl sites for hydroxylation is 1. The summed E-state index contributed by atoms with van der Waals surface area (Å²) in [5.74, 6) is -0.384. The number of halogens is 1. The molecule has 2 rings (SSSR count). The van der Waals surface area contributed by atoms with E-state index in [2.05, 4.69) is 0 Å². The first-order valence-corrected chi connectivity index (χ1v) is 5.70. The highest BCUT2D eigenvalue weighted by Gasteiger charge is 2.08. The van der Waals surface area contributed by atoms with Crippen molar-refractivity contribution in [2.45, 2.75) is 6.54 Å². The Morgan fingerprint density at radius 2 is 2.17 bits per heavy atom. The number of aromatic nitrogens is 2. The van der Waals surface area contributed by atoms with Crippen molar-refractivity contribution in [3.05, 3.63) is 58.0 Å². The van der Waals surface area contributed by atoms with E-state index < -0.39 is 0 Å². The highest BCUT2D eigenvalue weighted by molar-refractivity contribution is 7.80. The molecule has 0 aliphatic heterocycles. The first-order valence-electron chi connectivity index (χ1n) is 5.29. The molecular weight excluding hydrogens is 253 g/mol. The lowest BCUT2D eigenvalue weighted by Crippen LogP contribution is -2.23. The van der Waals surface area contributed by atoms with Gasteiger partial charge in [-0.15, -0.1) is 0 Å². The van der Waals surface area contributed by atoms with Crippen LogP contribution in [0.5, 0.6) is 0 Å². The molecule has 0 atom stereocenters. The van der Waals surface area contributed by atoms with Crippen LogP contribution in [0, 0.1) is 5.82 Å². The second kappa shape index (κ2) is 4.73. The van der Waals surface area contributed by atoms with Crippen LogP contribution in [0.1, 0.15) is 11.1 Å². The molecule has 2 aromatic rings. The molecule has 0 unspecified atom stereocenters. The summed E-state index contributed by atoms with van der Waals surface area (Å²) in [6, 6.07) is 4.39. The van der Waals surface area contributed by atoms with Crippen molar-refractivity contribution in [1.29, 1.82) is 0 Å². The Labute approximate surface area is 108 Å². The van der Waals surface area contributed by atoms with Crippen LogP contribution in [-0.2, 0) is 13.6 Å². The Bertz CT molecular complexity index is 660. The van der Waals surface area contributed by atoms with E-state index in [0.717, 1.165) is 0 Å². The third-order valence-electron chi connectivity index (χ3n) is 2.69. The molecular formula is C12H12FN3OS. The average Bonchev–Trinajstić information content (AvgIpc) is 2.63. The zero-order valence-electron chi connectivity index (χ0n) is 9.76. The van der Waals surface area contributed by atoms with Gasteiger partial charge in [0, 0.05) is 30.6 Å². The van der Waals surface area contributed by atoms with Crippen molar-refractivity contribution < 1.29 is 4.39 Å². The van der Waals surface area contributed by atoms with E-state index in [0.29, 0.717) is 11.1 Å². The molecule has 94 valence electrons. The van der Waals surface area contributed by atoms with Gasteiger partial charge in [-0.05, 0) is 18.2 Å². The van der Waals surface area contributed by atoms with Crippen LogP contribution in [0.3, 0.4) is 0 Å². The molecule has 0 saturated carbocycles. The van der Waals surface area contributed by atoms with E-state index in [-0.39, 0.29) is 23.0 Å². The molecule has 0 spiro atoms. The number of nitrogens with two attached hydrogens (primary N) is 1. The molecule has 1 aromatic carbocycles. The Morgan fingerprint density at radius 1 is 1.44 bits per heavy atom. The SMILES string of the molecule is Cn1ccn(Cc2cc(C(N)=S)ccc2F)c1=O. The van der Waals surface area contributed by atoms with Gasteiger partial charge in [-0.2, -0.15) is 0 Å². The zero-order chi connectivity index (χ0) is 13.3. The summed E-state index contributed by atoms with van der Waals surface area (Å²) in [6.07, 6.45) is 3.23. The minimum Gasteiger partial charge on any atom is -0.389 e. The van der Waals surface area contributed by atoms with Crippen molar-refractivity contribution in [2.75, 3.05) is 0 Å². The quantitative estimate of drug-likeness (QED) is 0.843. The Morgan fingerprint density at radius 3 is 2.72 bits per heavy atom. The minimum absolute atomic E-state index is 0.155. The molecule has 4 nitrogen and oxygen atoms in total. The molecule has 2 N–H and O–H groups in total. The fraction of sp³-hybridized carbons (Fsp3) is 0.167. The van der Waals surface area contributed by atoms with Gasteiger partial charge in [0.15, 0.2) is 0 Å². The van der Waals surface area contributed by atoms with Crippen molar-refractivity contribution in [1.82, 2.24) is 9.13 Å². The fourth-order valence-electron chi connectivity index (χ4n) is 1.66. The number of hydrogen-bond acceptors (Lipinski definition) is 2. The molecule has 18 heavy (non-hydrogen) atoms. The summed E-state index contributed by atoms with van der Waals surface area (Å²) in [5, 5.41) is 0. The minimum atomic E-state index is -0.384. The summed E-state index contributed by atoms with van der Waals surface area (Å²) in [6.45, 7) is 0.155. The van der Waals surface area contributed by atoms with Gasteiger partial charge in [0.2, 0.25) is 0 Å². The normalized spacial score (nSPS) is 10.6. The molecule has 0 saturated heterocycles. The number of rotatable bonds is 3. The van der Waals surface area contributed by atoms with E-state index in [1.165, 1.54) is 21.3 Å². The molecule has 0 aliphatic carbocycles. The van der Waals surface area contributed by atoms with Crippen molar-refractivity contribution in [3.8, 4) is 0 Å². The number of imidazole rings is 1. The first-order chi connectivity index (χ1) is 8.49. The first kappa shape index (κ1) is 12.5. The van der Waals surface area contributed by atoms with Crippen LogP contribution in [0.15, 0.2) is 35.4 Å². The van der Waals surface area contributed by atoms with Crippen molar-refractivity contribution >= 4 is 17.2 Å². The predicted molar refractivity (Wildman–Crippen MR) is 71.1 cm³/mol. The molecule has 0 bridgehead atoms. The highest BCUT2D eigenvalue weighted by atomic mass is 32.1. The maximum atomic E-state index is 13.7. The fourth-order valence-corrected chi connectivity index (χ4v) is 1.79. The Hall–Kier alpha value is -1.95. The van der Waals surface area contributed by atoms with Gasteiger partial charge in [0.1, 0.15) is 10.8 Å². The standard InChI is InChI=1S/C12H12FN3OS/c1-15-4-5-16(12(15)17)7-9-6-8(11(14)18)2-3-10(9)13/h2-6H,7H2,1H3,(H2,14,18). The molecule has 0 radical (unpaired) electrons. The van der Waals surface area contributed by atoms with Crippen molar-refractivity contribution in [2.24, 2.45) is 12.8 Å². The van der Waals surface area contributed by atoms with E-state index in [9.17, 15) is 9.18 Å². The monoisotopic (exact) mass is 265 g/mol. The Kier molecular flexibility index (Phi) is 3.29. The lowest BCUT2D eigenvalue weighted by Gasteiger charge is -2.06. The number of thiocarbonyl (C=S) groups is 1. The molecule has 1 aromatic heterocycles. The van der Waals surface area contributed by atoms with Gasteiger partial charge < -0.3 is 10.3 Å². The molecule has 6 heteroatoms. The van der Waals surface area contributed by atoms with E-state index in [4.69, 9.17) is 18.0 Å². The lowest BCUT2D eigenvalue weighted by molar-refractivity contribution is 0.594. The Balaban J connectivity index is 2.39. The molecule has 0 aliphatic rings. The van der Waals surface area contributed by atoms with Crippen LogP contribution >= 0.6 is 12.2 Å². The molecule has 1 heterocycles. The second-order valence-electron chi connectivity index (χ2n) is 3.99. The summed E-state index contributed by atoms with van der Waals surface area (Å²) >= 11 is 4.84.